The molecule has 1 aromatic carbocycles. The fourth-order valence-corrected chi connectivity index (χ4v) is 3.07. The molecule has 1 aromatic rings. The molecule has 1 aliphatic rings. The minimum atomic E-state index is 0.538. The van der Waals surface area contributed by atoms with E-state index in [9.17, 15) is 0 Å². The van der Waals surface area contributed by atoms with Gasteiger partial charge in [-0.3, -0.25) is 0 Å². The molecule has 2 unspecified atom stereocenters. The predicted molar refractivity (Wildman–Crippen MR) is 83.9 cm³/mol. The van der Waals surface area contributed by atoms with Gasteiger partial charge in [-0.05, 0) is 49.9 Å². The fraction of sp³-hybridized carbons (Fsp3) is 0.625. The molecule has 0 bridgehead atoms. The molecule has 1 aliphatic carbocycles. The first-order valence-corrected chi connectivity index (χ1v) is 7.36. The lowest BCUT2D eigenvalue weighted by Crippen LogP contribution is -2.36. The zero-order chi connectivity index (χ0) is 13.8. The average Bonchev–Trinajstić information content (AvgIpc) is 2.41. The topological polar surface area (TPSA) is 41.3 Å². The molecular formula is C16H27N3. The third kappa shape index (κ3) is 3.41. The van der Waals surface area contributed by atoms with Gasteiger partial charge in [0.2, 0.25) is 0 Å². The van der Waals surface area contributed by atoms with Gasteiger partial charge >= 0.3 is 0 Å². The third-order valence-corrected chi connectivity index (χ3v) is 4.25. The maximum atomic E-state index is 5.90. The molecule has 1 fully saturated rings. The Hall–Kier alpha value is -1.22. The second-order valence-corrected chi connectivity index (χ2v) is 5.93. The Morgan fingerprint density at radius 2 is 2.00 bits per heavy atom. The average molecular weight is 261 g/mol. The number of nitrogens with zero attached hydrogens (tertiary/aromatic N) is 1. The normalized spacial score (nSPS) is 23.2. The number of rotatable bonds is 4. The zero-order valence-corrected chi connectivity index (χ0v) is 12.4. The number of benzene rings is 1. The summed E-state index contributed by atoms with van der Waals surface area (Å²) in [6, 6.07) is 7.16. The van der Waals surface area contributed by atoms with Gasteiger partial charge in [0.1, 0.15) is 0 Å². The lowest BCUT2D eigenvalue weighted by molar-refractivity contribution is 0.332. The molecule has 106 valence electrons. The molecule has 3 N–H and O–H groups in total. The molecule has 2 atom stereocenters. The number of anilines is 2. The van der Waals surface area contributed by atoms with Crippen LogP contribution in [0.2, 0.25) is 0 Å². The molecular weight excluding hydrogens is 234 g/mol. The minimum Gasteiger partial charge on any atom is -0.382 e. The molecule has 0 saturated heterocycles. The van der Waals surface area contributed by atoms with Crippen molar-refractivity contribution in [1.29, 1.82) is 0 Å². The van der Waals surface area contributed by atoms with Crippen LogP contribution in [0, 0.1) is 12.8 Å². The lowest BCUT2D eigenvalue weighted by atomic mass is 9.84. The quantitative estimate of drug-likeness (QED) is 0.875. The maximum Gasteiger partial charge on any atom is 0.0411 e. The first-order chi connectivity index (χ1) is 9.11. The van der Waals surface area contributed by atoms with Crippen LogP contribution in [-0.2, 0) is 0 Å². The molecule has 3 nitrogen and oxygen atoms in total. The summed E-state index contributed by atoms with van der Waals surface area (Å²) in [5, 5.41) is 3.70. The zero-order valence-electron chi connectivity index (χ0n) is 12.4. The van der Waals surface area contributed by atoms with E-state index in [1.807, 2.05) is 0 Å². The van der Waals surface area contributed by atoms with Crippen molar-refractivity contribution in [3.8, 4) is 0 Å². The van der Waals surface area contributed by atoms with Gasteiger partial charge in [-0.1, -0.05) is 18.9 Å². The van der Waals surface area contributed by atoms with Crippen LogP contribution in [-0.4, -0.2) is 26.7 Å². The number of hydrogen-bond acceptors (Lipinski definition) is 3. The van der Waals surface area contributed by atoms with Gasteiger partial charge in [0.25, 0.3) is 0 Å². The van der Waals surface area contributed by atoms with Crippen molar-refractivity contribution in [2.75, 3.05) is 30.9 Å². The van der Waals surface area contributed by atoms with Crippen LogP contribution >= 0.6 is 0 Å². The Bertz CT molecular complexity index is 414. The second-order valence-electron chi connectivity index (χ2n) is 5.93. The number of aryl methyl sites for hydroxylation is 1. The molecule has 3 heteroatoms. The molecule has 1 saturated carbocycles. The van der Waals surface area contributed by atoms with Crippen LogP contribution in [0.15, 0.2) is 18.2 Å². The highest BCUT2D eigenvalue weighted by Crippen LogP contribution is 2.29. The lowest BCUT2D eigenvalue weighted by Gasteiger charge is -2.32. The van der Waals surface area contributed by atoms with Gasteiger partial charge in [0.15, 0.2) is 0 Å². The van der Waals surface area contributed by atoms with Gasteiger partial charge in [-0.2, -0.15) is 0 Å². The molecule has 0 spiro atoms. The Morgan fingerprint density at radius 1 is 1.26 bits per heavy atom. The van der Waals surface area contributed by atoms with Gasteiger partial charge in [-0.15, -0.1) is 0 Å². The molecule has 0 aliphatic heterocycles. The summed E-state index contributed by atoms with van der Waals surface area (Å²) in [6.45, 7) is 2.95. The van der Waals surface area contributed by atoms with Crippen molar-refractivity contribution in [1.82, 2.24) is 0 Å². The van der Waals surface area contributed by atoms with E-state index < -0.39 is 0 Å². The monoisotopic (exact) mass is 261 g/mol. The summed E-state index contributed by atoms with van der Waals surface area (Å²) < 4.78 is 0. The van der Waals surface area contributed by atoms with E-state index >= 15 is 0 Å². The minimum absolute atomic E-state index is 0.538. The van der Waals surface area contributed by atoms with E-state index in [1.54, 1.807) is 0 Å². The van der Waals surface area contributed by atoms with Crippen LogP contribution < -0.4 is 16.0 Å². The summed E-state index contributed by atoms with van der Waals surface area (Å²) in [4.78, 5) is 2.17. The van der Waals surface area contributed by atoms with E-state index in [-0.39, 0.29) is 0 Å². The highest BCUT2D eigenvalue weighted by atomic mass is 15.1. The molecule has 0 radical (unpaired) electrons. The van der Waals surface area contributed by atoms with Crippen molar-refractivity contribution in [3.05, 3.63) is 23.8 Å². The Labute approximate surface area is 117 Å². The van der Waals surface area contributed by atoms with Crippen molar-refractivity contribution < 1.29 is 0 Å². The van der Waals surface area contributed by atoms with Crippen molar-refractivity contribution >= 4 is 11.4 Å². The summed E-state index contributed by atoms with van der Waals surface area (Å²) in [6.07, 6.45) is 5.16. The highest BCUT2D eigenvalue weighted by Gasteiger charge is 2.23. The number of hydrogen-bond donors (Lipinski definition) is 2. The standard InChI is InChI=1S/C16H27N3/c1-12-8-9-14(10-16(12)19(2)3)18-15-7-5-4-6-13(15)11-17/h8-10,13,15,18H,4-7,11,17H2,1-3H3. The number of nitrogens with one attached hydrogen (secondary N) is 1. The van der Waals surface area contributed by atoms with E-state index in [0.29, 0.717) is 12.0 Å². The summed E-state index contributed by atoms with van der Waals surface area (Å²) >= 11 is 0. The van der Waals surface area contributed by atoms with E-state index in [0.717, 1.165) is 6.54 Å². The molecule has 19 heavy (non-hydrogen) atoms. The van der Waals surface area contributed by atoms with E-state index in [2.05, 4.69) is 49.4 Å². The second kappa shape index (κ2) is 6.29. The van der Waals surface area contributed by atoms with Crippen LogP contribution in [0.4, 0.5) is 11.4 Å². The Balaban J connectivity index is 2.11. The van der Waals surface area contributed by atoms with Crippen LogP contribution in [0.3, 0.4) is 0 Å². The predicted octanol–water partition coefficient (Wildman–Crippen LogP) is 2.99. The Kier molecular flexibility index (Phi) is 4.70. The van der Waals surface area contributed by atoms with Crippen molar-refractivity contribution in [2.24, 2.45) is 11.7 Å². The van der Waals surface area contributed by atoms with Gasteiger partial charge < -0.3 is 16.0 Å². The molecule has 0 aromatic heterocycles. The van der Waals surface area contributed by atoms with Gasteiger partial charge in [0.05, 0.1) is 0 Å². The Morgan fingerprint density at radius 3 is 2.68 bits per heavy atom. The SMILES string of the molecule is Cc1ccc(NC2CCCCC2CN)cc1N(C)C. The highest BCUT2D eigenvalue weighted by molar-refractivity contribution is 5.62. The first kappa shape index (κ1) is 14.2. The van der Waals surface area contributed by atoms with Gasteiger partial charge in [-0.25, -0.2) is 0 Å². The van der Waals surface area contributed by atoms with Crippen LogP contribution in [0.1, 0.15) is 31.2 Å². The number of nitrogens with two attached hydrogens (primary N) is 1. The maximum absolute atomic E-state index is 5.90. The van der Waals surface area contributed by atoms with Crippen LogP contribution in [0.5, 0.6) is 0 Å². The van der Waals surface area contributed by atoms with Crippen LogP contribution in [0.25, 0.3) is 0 Å². The van der Waals surface area contributed by atoms with Crippen molar-refractivity contribution in [2.45, 2.75) is 38.6 Å². The molecule has 0 heterocycles. The first-order valence-electron chi connectivity index (χ1n) is 7.36. The fourth-order valence-electron chi connectivity index (χ4n) is 3.07. The smallest absolute Gasteiger partial charge is 0.0411 e. The summed E-state index contributed by atoms with van der Waals surface area (Å²) in [7, 11) is 4.19. The van der Waals surface area contributed by atoms with Crippen molar-refractivity contribution in [3.63, 3.8) is 0 Å². The van der Waals surface area contributed by atoms with E-state index in [1.165, 1.54) is 42.6 Å². The van der Waals surface area contributed by atoms with E-state index in [4.69, 9.17) is 5.73 Å². The largest absolute Gasteiger partial charge is 0.382 e. The molecule has 2 rings (SSSR count). The van der Waals surface area contributed by atoms with Gasteiger partial charge in [0, 0.05) is 31.5 Å². The molecule has 0 amide bonds. The summed E-state index contributed by atoms with van der Waals surface area (Å²) in [5.74, 6) is 0.623. The summed E-state index contributed by atoms with van der Waals surface area (Å²) in [5.41, 5.74) is 9.72. The third-order valence-electron chi connectivity index (χ3n) is 4.25.